The van der Waals surface area contributed by atoms with Gasteiger partial charge in [0.25, 0.3) is 0 Å². The molecule has 0 spiro atoms. The number of carboxylic acids is 1. The third-order valence-corrected chi connectivity index (χ3v) is 3.86. The van der Waals surface area contributed by atoms with Crippen LogP contribution in [-0.2, 0) is 14.6 Å². The summed E-state index contributed by atoms with van der Waals surface area (Å²) < 4.78 is 23.4. The molecule has 1 aromatic carbocycles. The Morgan fingerprint density at radius 1 is 1.38 bits per heavy atom. The summed E-state index contributed by atoms with van der Waals surface area (Å²) in [6, 6.07) is 3.93. The lowest BCUT2D eigenvalue weighted by Gasteiger charge is -2.18. The highest BCUT2D eigenvalue weighted by molar-refractivity contribution is 7.92. The second-order valence-corrected chi connectivity index (χ2v) is 5.22. The van der Waals surface area contributed by atoms with E-state index in [1.807, 2.05) is 0 Å². The van der Waals surface area contributed by atoms with E-state index < -0.39 is 27.5 Å². The van der Waals surface area contributed by atoms with Crippen LogP contribution < -0.4 is 5.32 Å². The van der Waals surface area contributed by atoms with Crippen LogP contribution >= 0.6 is 0 Å². The van der Waals surface area contributed by atoms with Gasteiger partial charge in [-0.2, -0.15) is 0 Å². The van der Waals surface area contributed by atoms with Crippen molar-refractivity contribution in [3.8, 4) is 0 Å². The molecule has 1 heterocycles. The summed E-state index contributed by atoms with van der Waals surface area (Å²) in [7, 11) is -3.86. The van der Waals surface area contributed by atoms with Gasteiger partial charge in [0.05, 0.1) is 11.3 Å². The molecule has 84 valence electrons. The number of benzene rings is 1. The van der Waals surface area contributed by atoms with Gasteiger partial charge in [0.15, 0.2) is 9.84 Å². The van der Waals surface area contributed by atoms with Gasteiger partial charge in [0, 0.05) is 0 Å². The van der Waals surface area contributed by atoms with Crippen molar-refractivity contribution in [1.29, 1.82) is 0 Å². The zero-order chi connectivity index (χ0) is 11.9. The zero-order valence-electron chi connectivity index (χ0n) is 7.93. The van der Waals surface area contributed by atoms with Crippen molar-refractivity contribution in [1.82, 2.24) is 0 Å². The summed E-state index contributed by atoms with van der Waals surface area (Å²) in [5.74, 6) is -2.71. The Bertz CT molecular complexity index is 590. The highest BCUT2D eigenvalue weighted by atomic mass is 32.2. The monoisotopic (exact) mass is 241 g/mol. The van der Waals surface area contributed by atoms with E-state index in [9.17, 15) is 18.0 Å². The quantitative estimate of drug-likeness (QED) is 0.726. The molecule has 0 unspecified atom stereocenters. The largest absolute Gasteiger partial charge is 0.478 e. The highest BCUT2D eigenvalue weighted by Crippen LogP contribution is 2.29. The zero-order valence-corrected chi connectivity index (χ0v) is 8.74. The van der Waals surface area contributed by atoms with E-state index in [1.165, 1.54) is 18.2 Å². The molecule has 0 fully saturated rings. The summed E-state index contributed by atoms with van der Waals surface area (Å²) in [4.78, 5) is 21.6. The van der Waals surface area contributed by atoms with Crippen molar-refractivity contribution in [2.75, 3.05) is 11.1 Å². The maximum Gasteiger partial charge on any atom is 0.337 e. The number of anilines is 1. The van der Waals surface area contributed by atoms with Crippen molar-refractivity contribution in [2.45, 2.75) is 4.90 Å². The van der Waals surface area contributed by atoms with Gasteiger partial charge in [-0.3, -0.25) is 4.79 Å². The van der Waals surface area contributed by atoms with E-state index in [2.05, 4.69) is 5.32 Å². The van der Waals surface area contributed by atoms with Crippen LogP contribution in [0.4, 0.5) is 5.69 Å². The summed E-state index contributed by atoms with van der Waals surface area (Å²) in [5.41, 5.74) is -0.298. The maximum absolute atomic E-state index is 11.7. The van der Waals surface area contributed by atoms with Crippen LogP contribution in [0.15, 0.2) is 23.1 Å². The third-order valence-electron chi connectivity index (χ3n) is 2.15. The SMILES string of the molecule is O=C1CS(=O)(=O)c2c(cccc2C(=O)O)N1. The lowest BCUT2D eigenvalue weighted by atomic mass is 10.2. The first-order valence-corrected chi connectivity index (χ1v) is 5.96. The number of hydrogen-bond donors (Lipinski definition) is 2. The summed E-state index contributed by atoms with van der Waals surface area (Å²) in [6.45, 7) is 0. The minimum Gasteiger partial charge on any atom is -0.478 e. The second kappa shape index (κ2) is 3.31. The van der Waals surface area contributed by atoms with Crippen molar-refractivity contribution in [2.24, 2.45) is 0 Å². The number of nitrogens with one attached hydrogen (secondary N) is 1. The molecule has 0 radical (unpaired) electrons. The lowest BCUT2D eigenvalue weighted by Crippen LogP contribution is -2.30. The average Bonchev–Trinajstić information content (AvgIpc) is 2.14. The smallest absolute Gasteiger partial charge is 0.337 e. The number of carbonyl (C=O) groups is 2. The third kappa shape index (κ3) is 1.54. The Kier molecular flexibility index (Phi) is 2.20. The van der Waals surface area contributed by atoms with Crippen molar-refractivity contribution in [3.63, 3.8) is 0 Å². The molecule has 1 aliphatic rings. The van der Waals surface area contributed by atoms with Crippen molar-refractivity contribution >= 4 is 27.4 Å². The van der Waals surface area contributed by atoms with Gasteiger partial charge in [0.2, 0.25) is 5.91 Å². The fourth-order valence-electron chi connectivity index (χ4n) is 1.57. The standard InChI is InChI=1S/C9H7NO5S/c11-7-4-16(14,15)8-5(9(12)13)2-1-3-6(8)10-7/h1-3H,4H2,(H,10,11)(H,12,13). The minimum atomic E-state index is -3.86. The predicted octanol–water partition coefficient (Wildman–Crippen LogP) is 0.111. The van der Waals surface area contributed by atoms with Crippen LogP contribution in [0.1, 0.15) is 10.4 Å². The molecule has 6 nitrogen and oxygen atoms in total. The van der Waals surface area contributed by atoms with Crippen LogP contribution in [-0.4, -0.2) is 31.2 Å². The molecule has 2 N–H and O–H groups in total. The first-order chi connectivity index (χ1) is 7.42. The van der Waals surface area contributed by atoms with E-state index in [-0.39, 0.29) is 16.1 Å². The molecule has 0 atom stereocenters. The van der Waals surface area contributed by atoms with Crippen LogP contribution in [0.3, 0.4) is 0 Å². The van der Waals surface area contributed by atoms with Crippen molar-refractivity contribution < 1.29 is 23.1 Å². The summed E-state index contributed by atoms with van der Waals surface area (Å²) in [5, 5.41) is 11.2. The lowest BCUT2D eigenvalue weighted by molar-refractivity contribution is -0.114. The Labute approximate surface area is 90.8 Å². The van der Waals surface area contributed by atoms with Gasteiger partial charge >= 0.3 is 5.97 Å². The number of carboxylic acid groups (broad SMARTS) is 1. The fraction of sp³-hybridized carbons (Fsp3) is 0.111. The maximum atomic E-state index is 11.7. The first-order valence-electron chi connectivity index (χ1n) is 4.31. The van der Waals surface area contributed by atoms with E-state index in [0.29, 0.717) is 0 Å². The van der Waals surface area contributed by atoms with Gasteiger partial charge in [0.1, 0.15) is 10.6 Å². The molecule has 16 heavy (non-hydrogen) atoms. The fourth-order valence-corrected chi connectivity index (χ4v) is 3.08. The van der Waals surface area contributed by atoms with Gasteiger partial charge < -0.3 is 10.4 Å². The first kappa shape index (κ1) is 10.6. The molecule has 0 saturated heterocycles. The molecule has 1 amide bonds. The molecule has 2 rings (SSSR count). The number of carbonyl (C=O) groups excluding carboxylic acids is 1. The van der Waals surface area contributed by atoms with Gasteiger partial charge in [-0.15, -0.1) is 0 Å². The molecule has 0 aromatic heterocycles. The summed E-state index contributed by atoms with van der Waals surface area (Å²) in [6.07, 6.45) is 0. The number of fused-ring (bicyclic) bond motifs is 1. The highest BCUT2D eigenvalue weighted by Gasteiger charge is 2.32. The van der Waals surface area contributed by atoms with Crippen molar-refractivity contribution in [3.05, 3.63) is 23.8 Å². The van der Waals surface area contributed by atoms with E-state index in [1.54, 1.807) is 0 Å². The number of amides is 1. The Balaban J connectivity index is 2.79. The molecule has 7 heteroatoms. The van der Waals surface area contributed by atoms with Crippen LogP contribution in [0, 0.1) is 0 Å². The van der Waals surface area contributed by atoms with Gasteiger partial charge in [-0.05, 0) is 12.1 Å². The molecule has 0 bridgehead atoms. The Morgan fingerprint density at radius 2 is 2.06 bits per heavy atom. The minimum absolute atomic E-state index is 0.0242. The average molecular weight is 241 g/mol. The van der Waals surface area contributed by atoms with Gasteiger partial charge in [-0.1, -0.05) is 6.07 Å². The topological polar surface area (TPSA) is 101 Å². The second-order valence-electron chi connectivity index (χ2n) is 3.29. The van der Waals surface area contributed by atoms with E-state index in [0.717, 1.165) is 0 Å². The van der Waals surface area contributed by atoms with Gasteiger partial charge in [-0.25, -0.2) is 13.2 Å². The molecule has 1 aliphatic heterocycles. The molecule has 0 aliphatic carbocycles. The molecule has 0 saturated carbocycles. The Hall–Kier alpha value is -1.89. The normalized spacial score (nSPS) is 17.4. The predicted molar refractivity (Wildman–Crippen MR) is 54.1 cm³/mol. The Morgan fingerprint density at radius 3 is 2.69 bits per heavy atom. The van der Waals surface area contributed by atoms with Crippen LogP contribution in [0.5, 0.6) is 0 Å². The van der Waals surface area contributed by atoms with E-state index in [4.69, 9.17) is 5.11 Å². The number of sulfone groups is 1. The molecular formula is C9H7NO5S. The number of hydrogen-bond acceptors (Lipinski definition) is 4. The summed E-state index contributed by atoms with van der Waals surface area (Å²) >= 11 is 0. The molecular weight excluding hydrogens is 234 g/mol. The van der Waals surface area contributed by atoms with Crippen LogP contribution in [0.25, 0.3) is 0 Å². The van der Waals surface area contributed by atoms with E-state index >= 15 is 0 Å². The molecule has 1 aromatic rings. The number of rotatable bonds is 1. The number of aromatic carboxylic acids is 1. The van der Waals surface area contributed by atoms with Crippen LogP contribution in [0.2, 0.25) is 0 Å².